The molecule has 12 heteroatoms. The molecule has 0 unspecified atom stereocenters. The molecule has 0 aliphatic heterocycles. The number of nitrogens with two attached hydrogens (primary N) is 1. The van der Waals surface area contributed by atoms with E-state index in [9.17, 15) is 4.79 Å². The van der Waals surface area contributed by atoms with E-state index in [2.05, 4.69) is 20.3 Å². The minimum absolute atomic E-state index is 0.153. The number of para-hydroxylation sites is 2. The van der Waals surface area contributed by atoms with Crippen LogP contribution in [0, 0.1) is 13.8 Å². The Morgan fingerprint density at radius 3 is 2.75 bits per heavy atom. The van der Waals surface area contributed by atoms with Gasteiger partial charge in [0.1, 0.15) is 5.75 Å². The molecule has 0 fully saturated rings. The van der Waals surface area contributed by atoms with E-state index in [1.807, 2.05) is 49.6 Å². The fraction of sp³-hybridized carbons (Fsp3) is 0.250. The molecule has 0 saturated carbocycles. The predicted molar refractivity (Wildman–Crippen MR) is 124 cm³/mol. The number of amides is 1. The van der Waals surface area contributed by atoms with Gasteiger partial charge in [-0.15, -0.1) is 21.5 Å². The normalized spacial score (nSPS) is 11.0. The van der Waals surface area contributed by atoms with Crippen LogP contribution in [0.5, 0.6) is 5.75 Å². The van der Waals surface area contributed by atoms with Gasteiger partial charge >= 0.3 is 0 Å². The molecule has 4 rings (SSSR count). The number of hydrogen-bond acceptors (Lipinski definition) is 9. The SMILES string of the molecule is COc1ccccc1N(C(C)=O)c1nc(CSc2nnc(-n3nc(C)cc3C)n2N)cs1. The third kappa shape index (κ3) is 4.18. The highest BCUT2D eigenvalue weighted by Crippen LogP contribution is 2.36. The number of nitrogens with zero attached hydrogens (tertiary/aromatic N) is 7. The van der Waals surface area contributed by atoms with Gasteiger partial charge in [-0.05, 0) is 32.0 Å². The molecule has 0 spiro atoms. The van der Waals surface area contributed by atoms with Crippen LogP contribution in [0.2, 0.25) is 0 Å². The number of aryl methyl sites for hydroxylation is 2. The van der Waals surface area contributed by atoms with Crippen LogP contribution in [0.25, 0.3) is 5.95 Å². The summed E-state index contributed by atoms with van der Waals surface area (Å²) in [5.41, 5.74) is 3.24. The summed E-state index contributed by atoms with van der Waals surface area (Å²) in [5.74, 6) is 7.60. The molecule has 0 aliphatic rings. The van der Waals surface area contributed by atoms with Gasteiger partial charge in [0.2, 0.25) is 11.1 Å². The van der Waals surface area contributed by atoms with Gasteiger partial charge in [-0.1, -0.05) is 23.9 Å². The van der Waals surface area contributed by atoms with E-state index in [0.29, 0.717) is 33.4 Å². The Balaban J connectivity index is 1.53. The fourth-order valence-electron chi connectivity index (χ4n) is 3.17. The second-order valence-corrected chi connectivity index (χ2v) is 8.71. The van der Waals surface area contributed by atoms with E-state index in [-0.39, 0.29) is 5.91 Å². The molecule has 1 amide bonds. The van der Waals surface area contributed by atoms with E-state index in [1.54, 1.807) is 16.7 Å². The van der Waals surface area contributed by atoms with Crippen molar-refractivity contribution in [2.24, 2.45) is 0 Å². The lowest BCUT2D eigenvalue weighted by Crippen LogP contribution is -2.23. The van der Waals surface area contributed by atoms with Crippen molar-refractivity contribution in [3.8, 4) is 11.7 Å². The van der Waals surface area contributed by atoms with E-state index in [4.69, 9.17) is 10.6 Å². The smallest absolute Gasteiger partial charge is 0.271 e. The summed E-state index contributed by atoms with van der Waals surface area (Å²) in [4.78, 5) is 18.6. The highest BCUT2D eigenvalue weighted by Gasteiger charge is 2.22. The molecule has 2 N–H and O–H groups in total. The lowest BCUT2D eigenvalue weighted by molar-refractivity contribution is -0.115. The first-order valence-corrected chi connectivity index (χ1v) is 11.5. The second kappa shape index (κ2) is 9.01. The largest absolute Gasteiger partial charge is 0.495 e. The quantitative estimate of drug-likeness (QED) is 0.323. The first-order valence-electron chi connectivity index (χ1n) is 9.64. The van der Waals surface area contributed by atoms with Crippen LogP contribution in [0.4, 0.5) is 10.8 Å². The molecule has 4 aromatic rings. The molecular weight excluding hydrogens is 448 g/mol. The van der Waals surface area contributed by atoms with Crippen LogP contribution in [-0.2, 0) is 10.5 Å². The molecule has 0 saturated heterocycles. The number of rotatable bonds is 7. The Hall–Kier alpha value is -3.38. The summed E-state index contributed by atoms with van der Waals surface area (Å²) in [6.45, 7) is 5.34. The van der Waals surface area contributed by atoms with Crippen molar-refractivity contribution in [2.45, 2.75) is 31.7 Å². The monoisotopic (exact) mass is 470 g/mol. The molecule has 1 aromatic carbocycles. The van der Waals surface area contributed by atoms with Crippen LogP contribution in [0.15, 0.2) is 40.9 Å². The molecule has 0 radical (unpaired) electrons. The van der Waals surface area contributed by atoms with E-state index in [1.165, 1.54) is 34.7 Å². The van der Waals surface area contributed by atoms with Crippen LogP contribution in [-0.4, -0.2) is 42.7 Å². The van der Waals surface area contributed by atoms with Gasteiger partial charge in [0, 0.05) is 23.8 Å². The maximum Gasteiger partial charge on any atom is 0.271 e. The Bertz CT molecular complexity index is 1260. The maximum absolute atomic E-state index is 12.4. The average molecular weight is 471 g/mol. The lowest BCUT2D eigenvalue weighted by Gasteiger charge is -2.20. The molecule has 10 nitrogen and oxygen atoms in total. The summed E-state index contributed by atoms with van der Waals surface area (Å²) in [5, 5.41) is 15.8. The standard InChI is InChI=1S/C20H22N8O2S2/c1-12-9-13(2)28(25-12)18-23-24-20(27(18)21)32-11-15-10-31-19(22-15)26(14(3)29)16-7-5-6-8-17(16)30-4/h5-10H,11,21H2,1-4H3. The summed E-state index contributed by atoms with van der Waals surface area (Å²) in [6, 6.07) is 9.29. The Kier molecular flexibility index (Phi) is 6.15. The third-order valence-electron chi connectivity index (χ3n) is 4.57. The Morgan fingerprint density at radius 1 is 1.28 bits per heavy atom. The fourth-order valence-corrected chi connectivity index (χ4v) is 4.90. The van der Waals surface area contributed by atoms with Gasteiger partial charge in [-0.3, -0.25) is 9.69 Å². The first-order chi connectivity index (χ1) is 15.4. The van der Waals surface area contributed by atoms with Crippen LogP contribution in [0.1, 0.15) is 24.0 Å². The van der Waals surface area contributed by atoms with Crippen LogP contribution >= 0.6 is 23.1 Å². The van der Waals surface area contributed by atoms with Crippen molar-refractivity contribution < 1.29 is 9.53 Å². The molecule has 0 bridgehead atoms. The third-order valence-corrected chi connectivity index (χ3v) is 6.42. The zero-order valence-corrected chi connectivity index (χ0v) is 19.6. The summed E-state index contributed by atoms with van der Waals surface area (Å²) >= 11 is 2.79. The van der Waals surface area contributed by atoms with Gasteiger partial charge in [-0.2, -0.15) is 5.10 Å². The van der Waals surface area contributed by atoms with E-state index >= 15 is 0 Å². The molecule has 0 aliphatic carbocycles. The second-order valence-electron chi connectivity index (χ2n) is 6.93. The molecule has 3 heterocycles. The molecule has 3 aromatic heterocycles. The highest BCUT2D eigenvalue weighted by molar-refractivity contribution is 7.98. The number of nitrogen functional groups attached to an aromatic ring is 1. The average Bonchev–Trinajstić information content (AvgIpc) is 3.46. The van der Waals surface area contributed by atoms with Gasteiger partial charge in [-0.25, -0.2) is 14.3 Å². The summed E-state index contributed by atoms with van der Waals surface area (Å²) in [7, 11) is 1.57. The van der Waals surface area contributed by atoms with Crippen molar-refractivity contribution in [2.75, 3.05) is 17.9 Å². The number of methoxy groups -OCH3 is 1. The van der Waals surface area contributed by atoms with Gasteiger partial charge in [0.15, 0.2) is 5.13 Å². The van der Waals surface area contributed by atoms with Crippen LogP contribution < -0.4 is 15.5 Å². The van der Waals surface area contributed by atoms with Crippen molar-refractivity contribution >= 4 is 39.8 Å². The molecule has 166 valence electrons. The van der Waals surface area contributed by atoms with Crippen molar-refractivity contribution in [1.29, 1.82) is 0 Å². The Morgan fingerprint density at radius 2 is 2.06 bits per heavy atom. The number of carbonyl (C=O) groups is 1. The number of carbonyl (C=O) groups excluding carboxylic acids is 1. The predicted octanol–water partition coefficient (Wildman–Crippen LogP) is 3.24. The highest BCUT2D eigenvalue weighted by atomic mass is 32.2. The van der Waals surface area contributed by atoms with Crippen molar-refractivity contribution in [3.05, 3.63) is 52.8 Å². The number of aromatic nitrogens is 6. The molecule has 32 heavy (non-hydrogen) atoms. The number of ether oxygens (including phenoxy) is 1. The lowest BCUT2D eigenvalue weighted by atomic mass is 10.2. The number of thiazole rings is 1. The summed E-state index contributed by atoms with van der Waals surface area (Å²) < 4.78 is 8.48. The number of anilines is 2. The minimum atomic E-state index is -0.153. The number of benzene rings is 1. The Labute approximate surface area is 193 Å². The van der Waals surface area contributed by atoms with Gasteiger partial charge in [0.25, 0.3) is 5.95 Å². The molecule has 0 atom stereocenters. The maximum atomic E-state index is 12.4. The van der Waals surface area contributed by atoms with E-state index < -0.39 is 0 Å². The van der Waals surface area contributed by atoms with Crippen molar-refractivity contribution in [3.63, 3.8) is 0 Å². The van der Waals surface area contributed by atoms with Crippen LogP contribution in [0.3, 0.4) is 0 Å². The number of hydrogen-bond donors (Lipinski definition) is 1. The summed E-state index contributed by atoms with van der Waals surface area (Å²) in [6.07, 6.45) is 0. The topological polar surface area (TPSA) is 117 Å². The zero-order valence-electron chi connectivity index (χ0n) is 18.0. The van der Waals surface area contributed by atoms with Gasteiger partial charge < -0.3 is 10.6 Å². The van der Waals surface area contributed by atoms with Gasteiger partial charge in [0.05, 0.1) is 24.2 Å². The van der Waals surface area contributed by atoms with E-state index in [0.717, 1.165) is 17.1 Å². The molecular formula is C20H22N8O2S2. The van der Waals surface area contributed by atoms with Crippen molar-refractivity contribution in [1.82, 2.24) is 29.6 Å². The zero-order chi connectivity index (χ0) is 22.8. The minimum Gasteiger partial charge on any atom is -0.495 e. The number of thioether (sulfide) groups is 1. The first kappa shape index (κ1) is 21.8.